The van der Waals surface area contributed by atoms with Crippen LogP contribution in [0.3, 0.4) is 0 Å². The van der Waals surface area contributed by atoms with Gasteiger partial charge in [-0.25, -0.2) is 0 Å². The zero-order chi connectivity index (χ0) is 11.5. The van der Waals surface area contributed by atoms with E-state index in [2.05, 4.69) is 6.58 Å². The Morgan fingerprint density at radius 2 is 2.00 bits per heavy atom. The first-order valence-electron chi connectivity index (χ1n) is 5.36. The van der Waals surface area contributed by atoms with Crippen molar-refractivity contribution < 1.29 is 14.7 Å². The summed E-state index contributed by atoms with van der Waals surface area (Å²) in [5, 5.41) is 9.50. The van der Waals surface area contributed by atoms with Crippen molar-refractivity contribution in [3.05, 3.63) is 12.7 Å². The Bertz CT molecular complexity index is 265. The number of Topliss-reactive ketones (excluding diaryl/α,β-unsaturated/α-hetero) is 2. The molecule has 1 fully saturated rings. The highest BCUT2D eigenvalue weighted by Crippen LogP contribution is 2.35. The molecule has 0 heterocycles. The van der Waals surface area contributed by atoms with Gasteiger partial charge in [0.2, 0.25) is 0 Å². The van der Waals surface area contributed by atoms with Crippen LogP contribution >= 0.6 is 0 Å². The summed E-state index contributed by atoms with van der Waals surface area (Å²) in [6, 6.07) is 0. The van der Waals surface area contributed by atoms with Crippen LogP contribution in [0.4, 0.5) is 0 Å². The van der Waals surface area contributed by atoms with Gasteiger partial charge in [-0.05, 0) is 26.2 Å². The van der Waals surface area contributed by atoms with E-state index < -0.39 is 11.5 Å². The molecule has 1 saturated carbocycles. The van der Waals surface area contributed by atoms with Crippen molar-refractivity contribution in [2.24, 2.45) is 5.41 Å². The Morgan fingerprint density at radius 3 is 2.47 bits per heavy atom. The lowest BCUT2D eigenvalue weighted by Gasteiger charge is -2.21. The van der Waals surface area contributed by atoms with E-state index in [-0.39, 0.29) is 11.6 Å². The molecule has 0 aromatic heterocycles. The van der Waals surface area contributed by atoms with E-state index in [1.54, 1.807) is 13.0 Å². The highest BCUT2D eigenvalue weighted by Gasteiger charge is 2.44. The summed E-state index contributed by atoms with van der Waals surface area (Å²) in [5.74, 6) is 0.0524. The Balaban J connectivity index is 2.52. The van der Waals surface area contributed by atoms with E-state index in [4.69, 9.17) is 0 Å². The second-order valence-electron chi connectivity index (χ2n) is 4.40. The molecule has 1 aliphatic rings. The molecular weight excluding hydrogens is 192 g/mol. The molecule has 0 aromatic carbocycles. The average Bonchev–Trinajstić information content (AvgIpc) is 2.44. The fraction of sp³-hybridized carbons (Fsp3) is 0.667. The zero-order valence-corrected chi connectivity index (χ0v) is 9.16. The van der Waals surface area contributed by atoms with Gasteiger partial charge < -0.3 is 5.11 Å². The average molecular weight is 210 g/mol. The van der Waals surface area contributed by atoms with Gasteiger partial charge in [0.25, 0.3) is 0 Å². The minimum atomic E-state index is -0.831. The van der Waals surface area contributed by atoms with Crippen LogP contribution in [0.25, 0.3) is 0 Å². The molecule has 1 rings (SSSR count). The topological polar surface area (TPSA) is 54.4 Å². The maximum Gasteiger partial charge on any atom is 0.146 e. The summed E-state index contributed by atoms with van der Waals surface area (Å²) in [6.45, 7) is 5.23. The molecular formula is C12H18O3. The van der Waals surface area contributed by atoms with Gasteiger partial charge in [0.15, 0.2) is 0 Å². The Hall–Kier alpha value is -0.960. The number of aliphatic hydroxyl groups is 1. The molecule has 0 amide bonds. The highest BCUT2D eigenvalue weighted by atomic mass is 16.3. The SMILES string of the molecule is C=CC[C@@H](O)CCC1(C)C(=O)CCC1=O. The molecule has 0 bridgehead atoms. The summed E-state index contributed by atoms with van der Waals surface area (Å²) < 4.78 is 0. The third kappa shape index (κ3) is 2.53. The van der Waals surface area contributed by atoms with Crippen molar-refractivity contribution in [2.45, 2.75) is 45.1 Å². The molecule has 0 aromatic rings. The molecule has 0 radical (unpaired) electrons. The summed E-state index contributed by atoms with van der Waals surface area (Å²) in [6.07, 6.45) is 3.35. The van der Waals surface area contributed by atoms with Crippen LogP contribution < -0.4 is 0 Å². The number of ketones is 2. The van der Waals surface area contributed by atoms with E-state index in [0.29, 0.717) is 32.1 Å². The molecule has 15 heavy (non-hydrogen) atoms. The third-order valence-corrected chi connectivity index (χ3v) is 3.23. The van der Waals surface area contributed by atoms with E-state index in [0.717, 1.165) is 0 Å². The molecule has 0 spiro atoms. The largest absolute Gasteiger partial charge is 0.393 e. The number of carbonyl (C=O) groups is 2. The molecule has 3 heteroatoms. The standard InChI is InChI=1S/C12H18O3/c1-3-4-9(13)7-8-12(2)10(14)5-6-11(12)15/h3,9,13H,1,4-8H2,2H3/t9-/m1/s1. The second-order valence-corrected chi connectivity index (χ2v) is 4.40. The van der Waals surface area contributed by atoms with Crippen molar-refractivity contribution in [1.29, 1.82) is 0 Å². The van der Waals surface area contributed by atoms with Crippen LogP contribution in [0.15, 0.2) is 12.7 Å². The number of rotatable bonds is 5. The van der Waals surface area contributed by atoms with Gasteiger partial charge in [-0.3, -0.25) is 9.59 Å². The molecule has 1 aliphatic carbocycles. The van der Waals surface area contributed by atoms with Crippen LogP contribution in [0.2, 0.25) is 0 Å². The van der Waals surface area contributed by atoms with Crippen LogP contribution in [0.1, 0.15) is 39.0 Å². The van der Waals surface area contributed by atoms with Crippen LogP contribution in [-0.2, 0) is 9.59 Å². The third-order valence-electron chi connectivity index (χ3n) is 3.23. The fourth-order valence-electron chi connectivity index (χ4n) is 1.98. The van der Waals surface area contributed by atoms with Gasteiger partial charge in [-0.2, -0.15) is 0 Å². The van der Waals surface area contributed by atoms with Gasteiger partial charge in [0.1, 0.15) is 11.6 Å². The molecule has 3 nitrogen and oxygen atoms in total. The first-order valence-corrected chi connectivity index (χ1v) is 5.36. The Morgan fingerprint density at radius 1 is 1.47 bits per heavy atom. The maximum atomic E-state index is 11.6. The van der Waals surface area contributed by atoms with Crippen molar-refractivity contribution >= 4 is 11.6 Å². The predicted molar refractivity (Wildman–Crippen MR) is 57.4 cm³/mol. The Kier molecular flexibility index (Phi) is 3.80. The van der Waals surface area contributed by atoms with Crippen molar-refractivity contribution in [3.8, 4) is 0 Å². The van der Waals surface area contributed by atoms with Gasteiger partial charge in [0.05, 0.1) is 11.5 Å². The lowest BCUT2D eigenvalue weighted by molar-refractivity contribution is -0.134. The minimum Gasteiger partial charge on any atom is -0.393 e. The van der Waals surface area contributed by atoms with Gasteiger partial charge in [-0.15, -0.1) is 6.58 Å². The van der Waals surface area contributed by atoms with E-state index >= 15 is 0 Å². The lowest BCUT2D eigenvalue weighted by atomic mass is 9.81. The fourth-order valence-corrected chi connectivity index (χ4v) is 1.98. The Labute approximate surface area is 90.2 Å². The van der Waals surface area contributed by atoms with E-state index in [9.17, 15) is 14.7 Å². The summed E-state index contributed by atoms with van der Waals surface area (Å²) in [4.78, 5) is 23.1. The molecule has 1 atom stereocenters. The zero-order valence-electron chi connectivity index (χ0n) is 9.16. The molecule has 1 N–H and O–H groups in total. The molecule has 0 saturated heterocycles. The second kappa shape index (κ2) is 4.71. The van der Waals surface area contributed by atoms with E-state index in [1.807, 2.05) is 0 Å². The number of carbonyl (C=O) groups excluding carboxylic acids is 2. The van der Waals surface area contributed by atoms with Crippen molar-refractivity contribution in [3.63, 3.8) is 0 Å². The summed E-state index contributed by atoms with van der Waals surface area (Å²) in [5.41, 5.74) is -0.831. The molecule has 0 aliphatic heterocycles. The maximum absolute atomic E-state index is 11.6. The monoisotopic (exact) mass is 210 g/mol. The van der Waals surface area contributed by atoms with Crippen molar-refractivity contribution in [2.75, 3.05) is 0 Å². The molecule has 0 unspecified atom stereocenters. The lowest BCUT2D eigenvalue weighted by Crippen LogP contribution is -2.30. The normalized spacial score (nSPS) is 21.7. The first kappa shape index (κ1) is 12.1. The van der Waals surface area contributed by atoms with Crippen molar-refractivity contribution in [1.82, 2.24) is 0 Å². The number of hydrogen-bond donors (Lipinski definition) is 1. The number of aliphatic hydroxyl groups excluding tert-OH is 1. The predicted octanol–water partition coefficient (Wildman–Crippen LogP) is 1.64. The van der Waals surface area contributed by atoms with Gasteiger partial charge in [-0.1, -0.05) is 6.08 Å². The first-order chi connectivity index (χ1) is 7.00. The van der Waals surface area contributed by atoms with Gasteiger partial charge in [0, 0.05) is 12.8 Å². The highest BCUT2D eigenvalue weighted by molar-refractivity contribution is 6.12. The van der Waals surface area contributed by atoms with Gasteiger partial charge >= 0.3 is 0 Å². The van der Waals surface area contributed by atoms with E-state index in [1.165, 1.54) is 0 Å². The number of hydrogen-bond acceptors (Lipinski definition) is 3. The van der Waals surface area contributed by atoms with Crippen LogP contribution in [-0.4, -0.2) is 22.8 Å². The smallest absolute Gasteiger partial charge is 0.146 e. The quantitative estimate of drug-likeness (QED) is 0.554. The summed E-state index contributed by atoms with van der Waals surface area (Å²) >= 11 is 0. The summed E-state index contributed by atoms with van der Waals surface area (Å²) in [7, 11) is 0. The van der Waals surface area contributed by atoms with Crippen LogP contribution in [0.5, 0.6) is 0 Å². The minimum absolute atomic E-state index is 0.0262. The molecule has 84 valence electrons. The van der Waals surface area contributed by atoms with Crippen LogP contribution in [0, 0.1) is 5.41 Å².